The third-order valence-corrected chi connectivity index (χ3v) is 11.9. The Morgan fingerprint density at radius 1 is 0.377 bits per heavy atom. The average Bonchev–Trinajstić information content (AvgIpc) is 3.16. The lowest BCUT2D eigenvalue weighted by Crippen LogP contribution is -2.45. The van der Waals surface area contributed by atoms with Crippen LogP contribution in [-0.4, -0.2) is 34.9 Å². The highest BCUT2D eigenvalue weighted by Gasteiger charge is 2.20. The molecule has 4 heteroatoms. The van der Waals surface area contributed by atoms with Gasteiger partial charge in [-0.3, -0.25) is 4.79 Å². The smallest absolute Gasteiger partial charge is 0.220 e. The van der Waals surface area contributed by atoms with Gasteiger partial charge < -0.3 is 15.5 Å². The van der Waals surface area contributed by atoms with Crippen LogP contribution in [0.5, 0.6) is 0 Å². The Kier molecular flexibility index (Phi) is 45.3. The van der Waals surface area contributed by atoms with Crippen molar-refractivity contribution in [3.05, 3.63) is 0 Å². The lowest BCUT2D eigenvalue weighted by Gasteiger charge is -2.22. The molecular weight excluding hydrogens is 651 g/mol. The van der Waals surface area contributed by atoms with E-state index in [4.69, 9.17) is 0 Å². The number of carbonyl (C=O) groups is 1. The van der Waals surface area contributed by atoms with Crippen molar-refractivity contribution in [2.45, 2.75) is 302 Å². The third-order valence-electron chi connectivity index (χ3n) is 11.9. The lowest BCUT2D eigenvalue weighted by molar-refractivity contribution is -0.123. The maximum atomic E-state index is 12.4. The highest BCUT2D eigenvalue weighted by molar-refractivity contribution is 5.76. The van der Waals surface area contributed by atoms with E-state index in [2.05, 4.69) is 19.2 Å². The Morgan fingerprint density at radius 3 is 0.849 bits per heavy atom. The van der Waals surface area contributed by atoms with Gasteiger partial charge in [0.2, 0.25) is 5.91 Å². The quantitative estimate of drug-likeness (QED) is 0.0543. The van der Waals surface area contributed by atoms with Crippen LogP contribution in [0.3, 0.4) is 0 Å². The summed E-state index contributed by atoms with van der Waals surface area (Å²) >= 11 is 0. The molecule has 0 radical (unpaired) electrons. The Labute approximate surface area is 334 Å². The van der Waals surface area contributed by atoms with Crippen LogP contribution in [0.2, 0.25) is 0 Å². The van der Waals surface area contributed by atoms with Gasteiger partial charge in [-0.15, -0.1) is 0 Å². The number of aliphatic hydroxyl groups excluding tert-OH is 2. The molecule has 1 amide bonds. The maximum Gasteiger partial charge on any atom is 0.220 e. The van der Waals surface area contributed by atoms with Gasteiger partial charge in [0.1, 0.15) is 0 Å². The van der Waals surface area contributed by atoms with Crippen molar-refractivity contribution < 1.29 is 15.0 Å². The highest BCUT2D eigenvalue weighted by Crippen LogP contribution is 2.18. The molecule has 0 aromatic carbocycles. The molecule has 2 unspecified atom stereocenters. The molecule has 0 rings (SSSR count). The minimum atomic E-state index is -0.653. The Bertz CT molecular complexity index is 685. The van der Waals surface area contributed by atoms with Gasteiger partial charge in [0.25, 0.3) is 0 Å². The highest BCUT2D eigenvalue weighted by atomic mass is 16.3. The van der Waals surface area contributed by atoms with E-state index in [0.717, 1.165) is 25.7 Å². The first-order valence-corrected chi connectivity index (χ1v) is 24.7. The zero-order valence-corrected chi connectivity index (χ0v) is 36.6. The zero-order chi connectivity index (χ0) is 38.6. The second-order valence-electron chi connectivity index (χ2n) is 17.3. The maximum absolute atomic E-state index is 12.4. The molecule has 0 aromatic heterocycles. The normalized spacial score (nSPS) is 12.8. The molecule has 3 N–H and O–H groups in total. The number of carbonyl (C=O) groups excluding carboxylic acids is 1. The average molecular weight is 750 g/mol. The van der Waals surface area contributed by atoms with Crippen LogP contribution in [0, 0.1) is 0 Å². The topological polar surface area (TPSA) is 69.6 Å². The lowest BCUT2D eigenvalue weighted by atomic mass is 10.0. The zero-order valence-electron chi connectivity index (χ0n) is 36.6. The first-order chi connectivity index (χ1) is 26.2. The number of unbranched alkanes of at least 4 members (excludes halogenated alkanes) is 39. The molecule has 0 aliphatic heterocycles. The number of hydrogen-bond donors (Lipinski definition) is 3. The molecule has 2 atom stereocenters. The molecule has 0 aromatic rings. The number of amides is 1. The van der Waals surface area contributed by atoms with E-state index in [0.29, 0.717) is 12.8 Å². The van der Waals surface area contributed by atoms with Crippen LogP contribution in [0.15, 0.2) is 0 Å². The minimum absolute atomic E-state index is 0.0263. The summed E-state index contributed by atoms with van der Waals surface area (Å²) in [7, 11) is 0. The molecule has 0 aliphatic carbocycles. The molecule has 0 saturated carbocycles. The summed E-state index contributed by atoms with van der Waals surface area (Å²) in [4.78, 5) is 12.4. The Balaban J connectivity index is 3.39. The molecule has 0 heterocycles. The molecule has 4 nitrogen and oxygen atoms in total. The molecule has 0 aliphatic rings. The van der Waals surface area contributed by atoms with Gasteiger partial charge in [0, 0.05) is 6.42 Å². The summed E-state index contributed by atoms with van der Waals surface area (Å²) in [6.45, 7) is 4.38. The van der Waals surface area contributed by atoms with Crippen molar-refractivity contribution >= 4 is 5.91 Å². The number of rotatable bonds is 46. The van der Waals surface area contributed by atoms with Crippen LogP contribution in [0.1, 0.15) is 290 Å². The van der Waals surface area contributed by atoms with Crippen LogP contribution in [-0.2, 0) is 4.79 Å². The molecule has 0 saturated heterocycles. The van der Waals surface area contributed by atoms with Crippen LogP contribution < -0.4 is 5.32 Å². The van der Waals surface area contributed by atoms with Gasteiger partial charge >= 0.3 is 0 Å². The van der Waals surface area contributed by atoms with Crippen LogP contribution in [0.4, 0.5) is 0 Å². The van der Waals surface area contributed by atoms with Crippen molar-refractivity contribution in [2.75, 3.05) is 6.61 Å². The summed E-state index contributed by atoms with van der Waals surface area (Å²) in [5.74, 6) is -0.0263. The monoisotopic (exact) mass is 750 g/mol. The number of nitrogens with one attached hydrogen (secondary N) is 1. The predicted molar refractivity (Wildman–Crippen MR) is 235 cm³/mol. The largest absolute Gasteiger partial charge is 0.394 e. The van der Waals surface area contributed by atoms with Crippen molar-refractivity contribution in [3.63, 3.8) is 0 Å². The summed E-state index contributed by atoms with van der Waals surface area (Å²) in [5.41, 5.74) is 0. The van der Waals surface area contributed by atoms with Crippen LogP contribution in [0.25, 0.3) is 0 Å². The van der Waals surface area contributed by atoms with Crippen LogP contribution >= 0.6 is 0 Å². The summed E-state index contributed by atoms with van der Waals surface area (Å²) in [6.07, 6.45) is 56.4. The second-order valence-corrected chi connectivity index (χ2v) is 17.3. The SMILES string of the molecule is CCCCCCCCCCCCCCCCCCCCCCCCCCCCCCC(O)C(CO)NC(=O)CCCCCCCCCCCCCCC. The van der Waals surface area contributed by atoms with Gasteiger partial charge in [0.15, 0.2) is 0 Å². The van der Waals surface area contributed by atoms with Gasteiger partial charge in [0.05, 0.1) is 18.8 Å². The summed E-state index contributed by atoms with van der Waals surface area (Å²) in [6, 6.07) is -0.529. The molecule has 0 spiro atoms. The van der Waals surface area contributed by atoms with Gasteiger partial charge in [-0.2, -0.15) is 0 Å². The number of aliphatic hydroxyl groups is 2. The fraction of sp³-hybridized carbons (Fsp3) is 0.980. The van der Waals surface area contributed by atoms with E-state index in [9.17, 15) is 15.0 Å². The molecular formula is C49H99NO3. The van der Waals surface area contributed by atoms with E-state index in [-0.39, 0.29) is 12.5 Å². The minimum Gasteiger partial charge on any atom is -0.394 e. The van der Waals surface area contributed by atoms with Gasteiger partial charge in [-0.1, -0.05) is 271 Å². The standard InChI is InChI=1S/C49H99NO3/c1-3-5-7-9-11-13-15-17-18-19-20-21-22-23-24-25-26-27-28-29-30-31-33-34-36-38-40-42-44-48(52)47(46-51)50-49(53)45-43-41-39-37-35-32-16-14-12-10-8-6-4-2/h47-48,51-52H,3-46H2,1-2H3,(H,50,53). The molecule has 53 heavy (non-hydrogen) atoms. The molecule has 0 fully saturated rings. The Hall–Kier alpha value is -0.610. The van der Waals surface area contributed by atoms with E-state index in [1.165, 1.54) is 238 Å². The van der Waals surface area contributed by atoms with E-state index in [1.807, 2.05) is 0 Å². The van der Waals surface area contributed by atoms with Crippen molar-refractivity contribution in [1.29, 1.82) is 0 Å². The molecule has 0 bridgehead atoms. The van der Waals surface area contributed by atoms with Crippen molar-refractivity contribution in [2.24, 2.45) is 0 Å². The first kappa shape index (κ1) is 52.4. The van der Waals surface area contributed by atoms with E-state index >= 15 is 0 Å². The first-order valence-electron chi connectivity index (χ1n) is 24.7. The van der Waals surface area contributed by atoms with E-state index in [1.54, 1.807) is 0 Å². The number of hydrogen-bond acceptors (Lipinski definition) is 3. The van der Waals surface area contributed by atoms with Crippen molar-refractivity contribution in [1.82, 2.24) is 5.32 Å². The fourth-order valence-electron chi connectivity index (χ4n) is 8.07. The predicted octanol–water partition coefficient (Wildman–Crippen LogP) is 15.6. The van der Waals surface area contributed by atoms with E-state index < -0.39 is 12.1 Å². The summed E-state index contributed by atoms with van der Waals surface area (Å²) in [5, 5.41) is 23.2. The second kappa shape index (κ2) is 45.8. The Morgan fingerprint density at radius 2 is 0.604 bits per heavy atom. The molecule has 318 valence electrons. The van der Waals surface area contributed by atoms with Crippen molar-refractivity contribution in [3.8, 4) is 0 Å². The van der Waals surface area contributed by atoms with Gasteiger partial charge in [-0.25, -0.2) is 0 Å². The summed E-state index contributed by atoms with van der Waals surface area (Å²) < 4.78 is 0. The third kappa shape index (κ3) is 42.4. The fourth-order valence-corrected chi connectivity index (χ4v) is 8.07. The van der Waals surface area contributed by atoms with Gasteiger partial charge in [-0.05, 0) is 12.8 Å².